The summed E-state index contributed by atoms with van der Waals surface area (Å²) in [5.74, 6) is 0.318. The standard InChI is InChI=1S/C24H31NO3S/c1-15(2)19-12-20(16(3)4)24(21(13-19)17(5)6)29(27,28)25-14-22(25)23(26)18-10-8-7-9-11-18/h7-13,15-17,22H,14H2,1-6H3. The summed E-state index contributed by atoms with van der Waals surface area (Å²) < 4.78 is 28.6. The predicted molar refractivity (Wildman–Crippen MR) is 117 cm³/mol. The Kier molecular flexibility index (Phi) is 6.02. The molecule has 1 saturated heterocycles. The van der Waals surface area contributed by atoms with Crippen molar-refractivity contribution in [1.29, 1.82) is 0 Å². The Morgan fingerprint density at radius 3 is 1.86 bits per heavy atom. The zero-order valence-electron chi connectivity index (χ0n) is 18.1. The first kappa shape index (κ1) is 21.7. The number of carbonyl (C=O) groups is 1. The van der Waals surface area contributed by atoms with Gasteiger partial charge in [0.05, 0.1) is 4.90 Å². The van der Waals surface area contributed by atoms with E-state index in [4.69, 9.17) is 0 Å². The van der Waals surface area contributed by atoms with Gasteiger partial charge in [0.1, 0.15) is 6.04 Å². The Morgan fingerprint density at radius 1 is 0.897 bits per heavy atom. The van der Waals surface area contributed by atoms with Crippen LogP contribution >= 0.6 is 0 Å². The van der Waals surface area contributed by atoms with E-state index in [1.54, 1.807) is 24.3 Å². The average molecular weight is 414 g/mol. The molecule has 3 rings (SSSR count). The van der Waals surface area contributed by atoms with Crippen molar-refractivity contribution >= 4 is 15.8 Å². The second-order valence-corrected chi connectivity index (χ2v) is 10.6. The van der Waals surface area contributed by atoms with Gasteiger partial charge in [0.15, 0.2) is 5.78 Å². The van der Waals surface area contributed by atoms with Crippen molar-refractivity contribution in [2.24, 2.45) is 0 Å². The number of sulfonamides is 1. The van der Waals surface area contributed by atoms with Crippen LogP contribution in [0.4, 0.5) is 0 Å². The second-order valence-electron chi connectivity index (χ2n) is 8.81. The van der Waals surface area contributed by atoms with Crippen molar-refractivity contribution in [3.05, 3.63) is 64.7 Å². The highest BCUT2D eigenvalue weighted by atomic mass is 32.2. The molecule has 0 radical (unpaired) electrons. The molecule has 2 aromatic rings. The van der Waals surface area contributed by atoms with Crippen LogP contribution in [0, 0.1) is 0 Å². The van der Waals surface area contributed by atoms with Crippen molar-refractivity contribution in [2.45, 2.75) is 70.2 Å². The van der Waals surface area contributed by atoms with Crippen molar-refractivity contribution in [2.75, 3.05) is 6.54 Å². The third-order valence-electron chi connectivity index (χ3n) is 5.57. The Morgan fingerprint density at radius 2 is 1.41 bits per heavy atom. The van der Waals surface area contributed by atoms with Crippen LogP contribution in [-0.2, 0) is 10.0 Å². The number of benzene rings is 2. The third-order valence-corrected chi connectivity index (χ3v) is 7.58. The molecule has 1 heterocycles. The van der Waals surface area contributed by atoms with E-state index in [0.717, 1.165) is 16.7 Å². The van der Waals surface area contributed by atoms with Gasteiger partial charge < -0.3 is 0 Å². The first-order chi connectivity index (χ1) is 13.6. The summed E-state index contributed by atoms with van der Waals surface area (Å²) in [7, 11) is -3.75. The molecule has 2 atom stereocenters. The largest absolute Gasteiger partial charge is 0.292 e. The number of hydrogen-bond acceptors (Lipinski definition) is 3. The average Bonchev–Trinajstić information content (AvgIpc) is 3.48. The maximum Gasteiger partial charge on any atom is 0.244 e. The van der Waals surface area contributed by atoms with Crippen LogP contribution in [0.2, 0.25) is 0 Å². The van der Waals surface area contributed by atoms with Gasteiger partial charge in [0.2, 0.25) is 10.0 Å². The zero-order valence-corrected chi connectivity index (χ0v) is 19.0. The summed E-state index contributed by atoms with van der Waals surface area (Å²) in [4.78, 5) is 13.2. The number of hydrogen-bond donors (Lipinski definition) is 0. The summed E-state index contributed by atoms with van der Waals surface area (Å²) in [5.41, 5.74) is 3.40. The van der Waals surface area contributed by atoms with Crippen molar-refractivity contribution in [1.82, 2.24) is 4.31 Å². The monoisotopic (exact) mass is 413 g/mol. The van der Waals surface area contributed by atoms with E-state index in [-0.39, 0.29) is 24.2 Å². The molecule has 5 heteroatoms. The number of nitrogens with zero attached hydrogens (tertiary/aromatic N) is 1. The quantitative estimate of drug-likeness (QED) is 0.456. The van der Waals surface area contributed by atoms with E-state index in [1.165, 1.54) is 4.31 Å². The maximum atomic E-state index is 13.6. The van der Waals surface area contributed by atoms with Crippen LogP contribution < -0.4 is 0 Å². The molecule has 2 aromatic carbocycles. The lowest BCUT2D eigenvalue weighted by molar-refractivity contribution is 0.0982. The molecule has 0 aliphatic carbocycles. The minimum Gasteiger partial charge on any atom is -0.292 e. The normalized spacial score (nSPS) is 19.2. The highest BCUT2D eigenvalue weighted by molar-refractivity contribution is 7.89. The number of rotatable bonds is 7. The van der Waals surface area contributed by atoms with Crippen LogP contribution in [-0.4, -0.2) is 31.1 Å². The molecule has 156 valence electrons. The maximum absolute atomic E-state index is 13.6. The van der Waals surface area contributed by atoms with E-state index in [2.05, 4.69) is 13.8 Å². The second kappa shape index (κ2) is 8.04. The molecule has 0 spiro atoms. The van der Waals surface area contributed by atoms with Crippen LogP contribution in [0.15, 0.2) is 47.4 Å². The topological polar surface area (TPSA) is 54.2 Å². The molecule has 4 nitrogen and oxygen atoms in total. The van der Waals surface area contributed by atoms with E-state index in [0.29, 0.717) is 16.4 Å². The van der Waals surface area contributed by atoms with Crippen LogP contribution in [0.1, 0.15) is 86.3 Å². The third kappa shape index (κ3) is 4.17. The molecule has 1 fully saturated rings. The molecule has 1 aliphatic rings. The highest BCUT2D eigenvalue weighted by Crippen LogP contribution is 2.40. The van der Waals surface area contributed by atoms with Gasteiger partial charge in [0, 0.05) is 12.1 Å². The molecule has 2 unspecified atom stereocenters. The Hall–Kier alpha value is -1.98. The number of carbonyl (C=O) groups excluding carboxylic acids is 1. The first-order valence-corrected chi connectivity index (χ1v) is 11.8. The van der Waals surface area contributed by atoms with Crippen LogP contribution in [0.5, 0.6) is 0 Å². The molecule has 1 aliphatic heterocycles. The summed E-state index contributed by atoms with van der Waals surface area (Å²) in [5, 5.41) is 0. The lowest BCUT2D eigenvalue weighted by atomic mass is 9.89. The molecule has 0 aromatic heterocycles. The summed E-state index contributed by atoms with van der Waals surface area (Å²) in [6.07, 6.45) is 0. The smallest absolute Gasteiger partial charge is 0.244 e. The fourth-order valence-electron chi connectivity index (χ4n) is 3.70. The summed E-state index contributed by atoms with van der Waals surface area (Å²) in [6.45, 7) is 12.6. The Balaban J connectivity index is 2.06. The molecule has 29 heavy (non-hydrogen) atoms. The van der Waals surface area contributed by atoms with Gasteiger partial charge in [-0.15, -0.1) is 0 Å². The van der Waals surface area contributed by atoms with Crippen molar-refractivity contribution in [3.63, 3.8) is 0 Å². The van der Waals surface area contributed by atoms with Gasteiger partial charge in [-0.25, -0.2) is 8.42 Å². The predicted octanol–water partition coefficient (Wildman–Crippen LogP) is 5.31. The Bertz CT molecular complexity index is 979. The summed E-state index contributed by atoms with van der Waals surface area (Å²) in [6, 6.07) is 12.4. The fourth-order valence-corrected chi connectivity index (χ4v) is 5.89. The van der Waals surface area contributed by atoms with Gasteiger partial charge in [-0.2, -0.15) is 4.31 Å². The lowest BCUT2D eigenvalue weighted by Gasteiger charge is -2.23. The lowest BCUT2D eigenvalue weighted by Crippen LogP contribution is -2.23. The molecule has 0 N–H and O–H groups in total. The SMILES string of the molecule is CC(C)c1cc(C(C)C)c(S(=O)(=O)N2CC2C(=O)c2ccccc2)c(C(C)C)c1. The van der Waals surface area contributed by atoms with Crippen molar-refractivity contribution < 1.29 is 13.2 Å². The van der Waals surface area contributed by atoms with Gasteiger partial charge in [-0.05, 0) is 34.4 Å². The first-order valence-electron chi connectivity index (χ1n) is 10.3. The minimum absolute atomic E-state index is 0.0687. The van der Waals surface area contributed by atoms with E-state index >= 15 is 0 Å². The molecule has 0 amide bonds. The number of ketones is 1. The molecular formula is C24H31NO3S. The molecule has 0 saturated carbocycles. The Labute approximate surface area is 175 Å². The fraction of sp³-hybridized carbons (Fsp3) is 0.458. The number of Topliss-reactive ketones (excluding diaryl/α,β-unsaturated/α-hetero) is 1. The van der Waals surface area contributed by atoms with Gasteiger partial charge >= 0.3 is 0 Å². The molecule has 0 bridgehead atoms. The molecular weight excluding hydrogens is 382 g/mol. The summed E-state index contributed by atoms with van der Waals surface area (Å²) >= 11 is 0. The van der Waals surface area contributed by atoms with E-state index in [1.807, 2.05) is 45.9 Å². The van der Waals surface area contributed by atoms with E-state index in [9.17, 15) is 13.2 Å². The van der Waals surface area contributed by atoms with E-state index < -0.39 is 16.1 Å². The van der Waals surface area contributed by atoms with Crippen molar-refractivity contribution in [3.8, 4) is 0 Å². The van der Waals surface area contributed by atoms with Gasteiger partial charge in [0.25, 0.3) is 0 Å². The zero-order chi connectivity index (χ0) is 21.5. The highest BCUT2D eigenvalue weighted by Gasteiger charge is 2.50. The minimum atomic E-state index is -3.75. The van der Waals surface area contributed by atoms with Crippen LogP contribution in [0.3, 0.4) is 0 Å². The van der Waals surface area contributed by atoms with Crippen LogP contribution in [0.25, 0.3) is 0 Å². The van der Waals surface area contributed by atoms with Gasteiger partial charge in [-0.1, -0.05) is 84.0 Å². The van der Waals surface area contributed by atoms with Gasteiger partial charge in [-0.3, -0.25) is 4.79 Å².